The van der Waals surface area contributed by atoms with E-state index in [9.17, 15) is 13.6 Å². The smallest absolute Gasteiger partial charge is 0.322 e. The van der Waals surface area contributed by atoms with Crippen molar-refractivity contribution in [2.75, 3.05) is 18.2 Å². The third-order valence-electron chi connectivity index (χ3n) is 2.62. The zero-order chi connectivity index (χ0) is 17.0. The van der Waals surface area contributed by atoms with Gasteiger partial charge in [0.25, 0.3) is 12.3 Å². The van der Waals surface area contributed by atoms with Gasteiger partial charge in [0.05, 0.1) is 15.5 Å². The fraction of sp³-hybridized carbons (Fsp3) is 0.308. The molecule has 0 spiro atoms. The van der Waals surface area contributed by atoms with Crippen LogP contribution in [0.1, 0.15) is 16.2 Å². The topological polar surface area (TPSA) is 77.2 Å². The van der Waals surface area contributed by atoms with Crippen LogP contribution in [0, 0.1) is 6.92 Å². The quantitative estimate of drug-likeness (QED) is 0.789. The van der Waals surface area contributed by atoms with Crippen LogP contribution in [-0.4, -0.2) is 35.4 Å². The summed E-state index contributed by atoms with van der Waals surface area (Å²) in [4.78, 5) is 12.6. The third kappa shape index (κ3) is 4.32. The Morgan fingerprint density at radius 1 is 1.48 bits per heavy atom. The first-order valence-corrected chi connectivity index (χ1v) is 7.91. The van der Waals surface area contributed by atoms with E-state index >= 15 is 0 Å². The highest BCUT2D eigenvalue weighted by molar-refractivity contribution is 7.98. The van der Waals surface area contributed by atoms with E-state index in [0.717, 1.165) is 0 Å². The lowest BCUT2D eigenvalue weighted by atomic mass is 10.2. The standard InChI is InChI=1S/C13H12ClF2N3O3S/c1-6-18-19-13(22-6)17-12(20)7-3-4-8(21-5-9(15)16)11(23-2)10(7)14/h3-4,9H,5H2,1-2H3,(H,17,19,20). The van der Waals surface area contributed by atoms with E-state index in [-0.39, 0.29) is 22.4 Å². The normalized spacial score (nSPS) is 10.9. The molecule has 1 N–H and O–H groups in total. The van der Waals surface area contributed by atoms with Crippen LogP contribution in [-0.2, 0) is 0 Å². The minimum atomic E-state index is -2.60. The van der Waals surface area contributed by atoms with Crippen molar-refractivity contribution < 1.29 is 22.7 Å². The van der Waals surface area contributed by atoms with E-state index in [1.165, 1.54) is 23.9 Å². The van der Waals surface area contributed by atoms with Gasteiger partial charge in [-0.25, -0.2) is 8.78 Å². The third-order valence-corrected chi connectivity index (χ3v) is 3.94. The van der Waals surface area contributed by atoms with Gasteiger partial charge in [-0.3, -0.25) is 10.1 Å². The number of anilines is 1. The van der Waals surface area contributed by atoms with Gasteiger partial charge in [-0.15, -0.1) is 16.9 Å². The molecular formula is C13H12ClF2N3O3S. The molecule has 6 nitrogen and oxygen atoms in total. The summed E-state index contributed by atoms with van der Waals surface area (Å²) in [5, 5.41) is 9.73. The van der Waals surface area contributed by atoms with Gasteiger partial charge in [0, 0.05) is 6.92 Å². The number of nitrogens with one attached hydrogen (secondary N) is 1. The van der Waals surface area contributed by atoms with E-state index in [1.54, 1.807) is 13.2 Å². The van der Waals surface area contributed by atoms with Crippen molar-refractivity contribution in [3.8, 4) is 5.75 Å². The lowest BCUT2D eigenvalue weighted by Crippen LogP contribution is -2.14. The van der Waals surface area contributed by atoms with Crippen molar-refractivity contribution in [2.45, 2.75) is 18.2 Å². The predicted octanol–water partition coefficient (Wildman–Crippen LogP) is 3.65. The van der Waals surface area contributed by atoms with Crippen LogP contribution in [0.25, 0.3) is 0 Å². The Bertz CT molecular complexity index is 712. The summed E-state index contributed by atoms with van der Waals surface area (Å²) >= 11 is 7.36. The summed E-state index contributed by atoms with van der Waals surface area (Å²) in [6.45, 7) is 0.827. The van der Waals surface area contributed by atoms with Crippen LogP contribution >= 0.6 is 23.4 Å². The van der Waals surface area contributed by atoms with Crippen molar-refractivity contribution in [2.24, 2.45) is 0 Å². The first-order valence-electron chi connectivity index (χ1n) is 6.31. The maximum atomic E-state index is 12.3. The molecule has 2 rings (SSSR count). The van der Waals surface area contributed by atoms with E-state index in [1.807, 2.05) is 0 Å². The van der Waals surface area contributed by atoms with E-state index < -0.39 is 18.9 Å². The van der Waals surface area contributed by atoms with E-state index in [4.69, 9.17) is 20.8 Å². The summed E-state index contributed by atoms with van der Waals surface area (Å²) in [7, 11) is 0. The van der Waals surface area contributed by atoms with Crippen molar-refractivity contribution in [3.05, 3.63) is 28.6 Å². The number of nitrogens with zero attached hydrogens (tertiary/aromatic N) is 2. The van der Waals surface area contributed by atoms with Gasteiger partial charge >= 0.3 is 6.01 Å². The van der Waals surface area contributed by atoms with Gasteiger partial charge < -0.3 is 9.15 Å². The van der Waals surface area contributed by atoms with Crippen LogP contribution in [0.15, 0.2) is 21.4 Å². The number of thioether (sulfide) groups is 1. The maximum absolute atomic E-state index is 12.3. The molecule has 23 heavy (non-hydrogen) atoms. The first-order chi connectivity index (χ1) is 10.9. The zero-order valence-corrected chi connectivity index (χ0v) is 13.7. The number of rotatable bonds is 6. The number of aromatic nitrogens is 2. The monoisotopic (exact) mass is 363 g/mol. The van der Waals surface area contributed by atoms with Crippen molar-refractivity contribution in [1.29, 1.82) is 0 Å². The van der Waals surface area contributed by atoms with Crippen LogP contribution in [0.4, 0.5) is 14.8 Å². The number of alkyl halides is 2. The molecule has 0 atom stereocenters. The minimum Gasteiger partial charge on any atom is -0.486 e. The number of halogens is 3. The molecule has 1 heterocycles. The highest BCUT2D eigenvalue weighted by Gasteiger charge is 2.19. The van der Waals surface area contributed by atoms with Gasteiger partial charge in [0.2, 0.25) is 5.89 Å². The summed E-state index contributed by atoms with van der Waals surface area (Å²) in [6, 6.07) is 2.72. The SMILES string of the molecule is CSc1c(OCC(F)F)ccc(C(=O)Nc2nnc(C)o2)c1Cl. The lowest BCUT2D eigenvalue weighted by molar-refractivity contribution is 0.0804. The highest BCUT2D eigenvalue weighted by atomic mass is 35.5. The summed E-state index contributed by atoms with van der Waals surface area (Å²) in [5.74, 6) is -0.0747. The fourth-order valence-electron chi connectivity index (χ4n) is 1.68. The number of hydrogen-bond donors (Lipinski definition) is 1. The largest absolute Gasteiger partial charge is 0.486 e. The summed E-state index contributed by atoms with van der Waals surface area (Å²) < 4.78 is 34.6. The van der Waals surface area contributed by atoms with Crippen LogP contribution in [0.3, 0.4) is 0 Å². The van der Waals surface area contributed by atoms with Gasteiger partial charge in [-0.05, 0) is 18.4 Å². The number of hydrogen-bond acceptors (Lipinski definition) is 6. The van der Waals surface area contributed by atoms with Crippen molar-refractivity contribution in [1.82, 2.24) is 10.2 Å². The zero-order valence-electron chi connectivity index (χ0n) is 12.1. The van der Waals surface area contributed by atoms with E-state index in [0.29, 0.717) is 10.8 Å². The molecule has 0 fully saturated rings. The molecule has 1 aromatic carbocycles. The fourth-order valence-corrected chi connectivity index (χ4v) is 2.77. The number of carbonyl (C=O) groups is 1. The van der Waals surface area contributed by atoms with Crippen molar-refractivity contribution in [3.63, 3.8) is 0 Å². The molecule has 0 radical (unpaired) electrons. The van der Waals surface area contributed by atoms with Gasteiger partial charge in [-0.1, -0.05) is 16.7 Å². The maximum Gasteiger partial charge on any atom is 0.322 e. The Balaban J connectivity index is 2.23. The predicted molar refractivity (Wildman–Crippen MR) is 81.7 cm³/mol. The van der Waals surface area contributed by atoms with Gasteiger partial charge in [-0.2, -0.15) is 0 Å². The second-order valence-electron chi connectivity index (χ2n) is 4.24. The number of carbonyl (C=O) groups excluding carboxylic acids is 1. The molecular weight excluding hydrogens is 352 g/mol. The Kier molecular flexibility index (Phi) is 5.78. The average molecular weight is 364 g/mol. The number of amides is 1. The molecule has 0 bridgehead atoms. The van der Waals surface area contributed by atoms with Crippen LogP contribution in [0.2, 0.25) is 5.02 Å². The molecule has 124 valence electrons. The number of ether oxygens (including phenoxy) is 1. The molecule has 0 saturated heterocycles. The molecule has 0 aliphatic rings. The minimum absolute atomic E-state index is 0.0627. The second kappa shape index (κ2) is 7.60. The first kappa shape index (κ1) is 17.5. The molecule has 1 aromatic heterocycles. The summed E-state index contributed by atoms with van der Waals surface area (Å²) in [5.41, 5.74) is 0.135. The lowest BCUT2D eigenvalue weighted by Gasteiger charge is -2.13. The highest BCUT2D eigenvalue weighted by Crippen LogP contribution is 2.37. The molecule has 0 aliphatic heterocycles. The Morgan fingerprint density at radius 2 is 2.22 bits per heavy atom. The number of benzene rings is 1. The Hall–Kier alpha value is -1.87. The molecule has 1 amide bonds. The van der Waals surface area contributed by atoms with Crippen molar-refractivity contribution >= 4 is 35.3 Å². The number of aryl methyl sites for hydroxylation is 1. The average Bonchev–Trinajstić information content (AvgIpc) is 2.90. The summed E-state index contributed by atoms with van der Waals surface area (Å²) in [6.07, 6.45) is -0.910. The second-order valence-corrected chi connectivity index (χ2v) is 5.44. The molecule has 0 saturated carbocycles. The van der Waals surface area contributed by atoms with E-state index in [2.05, 4.69) is 15.5 Å². The Morgan fingerprint density at radius 3 is 2.78 bits per heavy atom. The Labute approximate surface area is 139 Å². The van der Waals surface area contributed by atoms with Crippen LogP contribution in [0.5, 0.6) is 5.75 Å². The molecule has 10 heteroatoms. The molecule has 0 unspecified atom stereocenters. The van der Waals surface area contributed by atoms with Gasteiger partial charge in [0.1, 0.15) is 12.4 Å². The van der Waals surface area contributed by atoms with Crippen LogP contribution < -0.4 is 10.1 Å². The molecule has 0 aliphatic carbocycles. The van der Waals surface area contributed by atoms with Gasteiger partial charge in [0.15, 0.2) is 0 Å². The molecule has 2 aromatic rings.